The second-order valence-corrected chi connectivity index (χ2v) is 8.68. The molecule has 0 saturated carbocycles. The summed E-state index contributed by atoms with van der Waals surface area (Å²) in [6.45, 7) is 4.40. The highest BCUT2D eigenvalue weighted by Crippen LogP contribution is 2.36. The molecule has 0 spiro atoms. The van der Waals surface area contributed by atoms with Crippen molar-refractivity contribution < 1.29 is 9.53 Å². The number of ether oxygens (including phenoxy) is 1. The first-order chi connectivity index (χ1) is 14.0. The van der Waals surface area contributed by atoms with Gasteiger partial charge in [-0.15, -0.1) is 11.3 Å². The van der Waals surface area contributed by atoms with Gasteiger partial charge in [-0.2, -0.15) is 0 Å². The molecular formula is C22H20BrN3O2S. The van der Waals surface area contributed by atoms with Crippen LogP contribution >= 0.6 is 27.3 Å². The fraction of sp³-hybridized carbons (Fsp3) is 0.182. The third-order valence-corrected chi connectivity index (χ3v) is 6.28. The van der Waals surface area contributed by atoms with E-state index in [2.05, 4.69) is 39.2 Å². The number of nitrogens with zero attached hydrogens (tertiary/aromatic N) is 2. The van der Waals surface area contributed by atoms with Crippen LogP contribution in [0.15, 0.2) is 53.3 Å². The summed E-state index contributed by atoms with van der Waals surface area (Å²) in [6.07, 6.45) is 3.91. The molecule has 29 heavy (non-hydrogen) atoms. The first kappa shape index (κ1) is 19.7. The van der Waals surface area contributed by atoms with E-state index in [9.17, 15) is 4.79 Å². The normalized spacial score (nSPS) is 11.0. The molecule has 4 rings (SSSR count). The smallest absolute Gasteiger partial charge is 0.263 e. The summed E-state index contributed by atoms with van der Waals surface area (Å²) in [4.78, 5) is 19.4. The van der Waals surface area contributed by atoms with Crippen molar-refractivity contribution in [3.05, 3.63) is 75.0 Å². The predicted octanol–water partition coefficient (Wildman–Crippen LogP) is 5.40. The lowest BCUT2D eigenvalue weighted by Gasteiger charge is -2.11. The van der Waals surface area contributed by atoms with Gasteiger partial charge < -0.3 is 14.6 Å². The number of amides is 1. The first-order valence-electron chi connectivity index (χ1n) is 9.12. The average molecular weight is 470 g/mol. The van der Waals surface area contributed by atoms with E-state index in [0.29, 0.717) is 11.4 Å². The lowest BCUT2D eigenvalue weighted by molar-refractivity contribution is 0.0955. The van der Waals surface area contributed by atoms with Crippen LogP contribution in [0.2, 0.25) is 0 Å². The Bertz CT molecular complexity index is 1200. The lowest BCUT2D eigenvalue weighted by atomic mass is 10.1. The molecule has 0 unspecified atom stereocenters. The van der Waals surface area contributed by atoms with Gasteiger partial charge in [-0.25, -0.2) is 4.98 Å². The number of methoxy groups -OCH3 is 1. The molecule has 0 aliphatic rings. The van der Waals surface area contributed by atoms with Gasteiger partial charge in [-0.3, -0.25) is 4.79 Å². The van der Waals surface area contributed by atoms with E-state index in [0.717, 1.165) is 42.9 Å². The zero-order valence-corrected chi connectivity index (χ0v) is 18.7. The second-order valence-electron chi connectivity index (χ2n) is 6.77. The van der Waals surface area contributed by atoms with Gasteiger partial charge in [-0.1, -0.05) is 15.9 Å². The van der Waals surface area contributed by atoms with Crippen molar-refractivity contribution in [1.82, 2.24) is 14.9 Å². The van der Waals surface area contributed by atoms with Crippen LogP contribution in [0.5, 0.6) is 5.75 Å². The van der Waals surface area contributed by atoms with Crippen LogP contribution in [0.3, 0.4) is 0 Å². The summed E-state index contributed by atoms with van der Waals surface area (Å²) in [5.41, 5.74) is 3.84. The lowest BCUT2D eigenvalue weighted by Crippen LogP contribution is -2.23. The third kappa shape index (κ3) is 3.80. The van der Waals surface area contributed by atoms with Gasteiger partial charge in [0.2, 0.25) is 0 Å². The fourth-order valence-corrected chi connectivity index (χ4v) is 5.07. The maximum atomic E-state index is 13.2. The topological polar surface area (TPSA) is 56.1 Å². The fourth-order valence-electron chi connectivity index (χ4n) is 3.45. The SMILES string of the molecule is COc1ccc(Br)cc1CNC(=O)c1sc2nc(C)cc(C)c2c1-n1cccc1. The first-order valence-corrected chi connectivity index (χ1v) is 10.7. The zero-order valence-electron chi connectivity index (χ0n) is 16.3. The minimum Gasteiger partial charge on any atom is -0.496 e. The molecule has 0 bridgehead atoms. The Labute approximate surface area is 181 Å². The Balaban J connectivity index is 1.74. The third-order valence-electron chi connectivity index (χ3n) is 4.71. The molecule has 0 radical (unpaired) electrons. The summed E-state index contributed by atoms with van der Waals surface area (Å²) >= 11 is 4.90. The molecule has 0 aliphatic carbocycles. The van der Waals surface area contributed by atoms with Crippen molar-refractivity contribution in [1.29, 1.82) is 0 Å². The summed E-state index contributed by atoms with van der Waals surface area (Å²) in [5, 5.41) is 4.06. The van der Waals surface area contributed by atoms with Crippen molar-refractivity contribution >= 4 is 43.4 Å². The number of benzene rings is 1. The molecule has 3 heterocycles. The van der Waals surface area contributed by atoms with Crippen molar-refractivity contribution in [2.24, 2.45) is 0 Å². The summed E-state index contributed by atoms with van der Waals surface area (Å²) < 4.78 is 8.34. The van der Waals surface area contributed by atoms with Crippen molar-refractivity contribution in [2.45, 2.75) is 20.4 Å². The molecule has 1 aromatic carbocycles. The molecule has 148 valence electrons. The molecule has 0 aliphatic heterocycles. The van der Waals surface area contributed by atoms with Gasteiger partial charge in [-0.05, 0) is 55.8 Å². The number of hydrogen-bond donors (Lipinski definition) is 1. The van der Waals surface area contributed by atoms with E-state index in [1.54, 1.807) is 7.11 Å². The van der Waals surface area contributed by atoms with Gasteiger partial charge >= 0.3 is 0 Å². The highest BCUT2D eigenvalue weighted by atomic mass is 79.9. The van der Waals surface area contributed by atoms with Gasteiger partial charge in [0.1, 0.15) is 15.5 Å². The molecule has 1 N–H and O–H groups in total. The molecular weight excluding hydrogens is 450 g/mol. The van der Waals surface area contributed by atoms with Crippen LogP contribution in [0.4, 0.5) is 0 Å². The minimum atomic E-state index is -0.129. The number of aryl methyl sites for hydroxylation is 2. The number of halogens is 1. The van der Waals surface area contributed by atoms with Crippen LogP contribution in [0, 0.1) is 13.8 Å². The Morgan fingerprint density at radius 3 is 2.72 bits per heavy atom. The number of rotatable bonds is 5. The van der Waals surface area contributed by atoms with Gasteiger partial charge in [0, 0.05) is 40.1 Å². The van der Waals surface area contributed by atoms with E-state index in [1.807, 2.05) is 54.2 Å². The number of nitrogens with one attached hydrogen (secondary N) is 1. The van der Waals surface area contributed by atoms with Crippen LogP contribution in [0.25, 0.3) is 15.9 Å². The highest BCUT2D eigenvalue weighted by molar-refractivity contribution is 9.10. The minimum absolute atomic E-state index is 0.129. The van der Waals surface area contributed by atoms with E-state index in [-0.39, 0.29) is 5.91 Å². The van der Waals surface area contributed by atoms with E-state index >= 15 is 0 Å². The van der Waals surface area contributed by atoms with Crippen LogP contribution in [0.1, 0.15) is 26.5 Å². The number of hydrogen-bond acceptors (Lipinski definition) is 4. The van der Waals surface area contributed by atoms with Crippen molar-refractivity contribution in [2.75, 3.05) is 7.11 Å². The Morgan fingerprint density at radius 1 is 1.24 bits per heavy atom. The number of carbonyl (C=O) groups is 1. The number of carbonyl (C=O) groups excluding carboxylic acids is 1. The zero-order chi connectivity index (χ0) is 20.5. The van der Waals surface area contributed by atoms with Crippen LogP contribution in [-0.4, -0.2) is 22.6 Å². The van der Waals surface area contributed by atoms with E-state index in [4.69, 9.17) is 4.74 Å². The molecule has 4 aromatic rings. The molecule has 0 saturated heterocycles. The number of fused-ring (bicyclic) bond motifs is 1. The summed E-state index contributed by atoms with van der Waals surface area (Å²) in [5.74, 6) is 0.611. The van der Waals surface area contributed by atoms with Gasteiger partial charge in [0.25, 0.3) is 5.91 Å². The molecule has 5 nitrogen and oxygen atoms in total. The molecule has 0 fully saturated rings. The van der Waals surface area contributed by atoms with E-state index in [1.165, 1.54) is 11.3 Å². The Kier molecular flexibility index (Phi) is 5.43. The van der Waals surface area contributed by atoms with Crippen molar-refractivity contribution in [3.63, 3.8) is 0 Å². The van der Waals surface area contributed by atoms with Gasteiger partial charge in [0.05, 0.1) is 12.8 Å². The average Bonchev–Trinajstić information content (AvgIpc) is 3.33. The van der Waals surface area contributed by atoms with Crippen LogP contribution < -0.4 is 10.1 Å². The summed E-state index contributed by atoms with van der Waals surface area (Å²) in [6, 6.07) is 11.7. The number of thiophene rings is 1. The monoisotopic (exact) mass is 469 g/mol. The predicted molar refractivity (Wildman–Crippen MR) is 120 cm³/mol. The maximum Gasteiger partial charge on any atom is 0.263 e. The molecule has 3 aromatic heterocycles. The van der Waals surface area contributed by atoms with Crippen LogP contribution in [-0.2, 0) is 6.54 Å². The quantitative estimate of drug-likeness (QED) is 0.425. The summed E-state index contributed by atoms with van der Waals surface area (Å²) in [7, 11) is 1.63. The molecule has 1 amide bonds. The Hall–Kier alpha value is -2.64. The number of aromatic nitrogens is 2. The van der Waals surface area contributed by atoms with Crippen molar-refractivity contribution in [3.8, 4) is 11.4 Å². The van der Waals surface area contributed by atoms with Gasteiger partial charge in [0.15, 0.2) is 0 Å². The second kappa shape index (κ2) is 8.00. The largest absolute Gasteiger partial charge is 0.496 e. The molecule has 7 heteroatoms. The highest BCUT2D eigenvalue weighted by Gasteiger charge is 2.22. The number of pyridine rings is 1. The maximum absolute atomic E-state index is 13.2. The van der Waals surface area contributed by atoms with E-state index < -0.39 is 0 Å². The molecule has 0 atom stereocenters. The standard InChI is InChI=1S/C22H20BrN3O2S/c1-13-10-14(2)25-22-18(13)19(26-8-4-5-9-26)20(29-22)21(27)24-12-15-11-16(23)6-7-17(15)28-3/h4-11H,12H2,1-3H3,(H,24,27). The Morgan fingerprint density at radius 2 is 2.00 bits per heavy atom.